The molecule has 1 N–H and O–H groups in total. The number of ether oxygens (including phenoxy) is 1. The predicted octanol–water partition coefficient (Wildman–Crippen LogP) is 2.59. The fourth-order valence-corrected chi connectivity index (χ4v) is 2.08. The largest absolute Gasteiger partial charge is 0.385 e. The molecule has 18 heavy (non-hydrogen) atoms. The van der Waals surface area contributed by atoms with Crippen LogP contribution in [0.1, 0.15) is 37.9 Å². The molecule has 0 aliphatic heterocycles. The molecule has 0 aromatic carbocycles. The first-order valence-corrected chi connectivity index (χ1v) is 6.96. The van der Waals surface area contributed by atoms with Gasteiger partial charge in [0.05, 0.1) is 0 Å². The van der Waals surface area contributed by atoms with E-state index in [1.54, 1.807) is 7.11 Å². The summed E-state index contributed by atoms with van der Waals surface area (Å²) in [4.78, 5) is 4.53. The van der Waals surface area contributed by atoms with Crippen LogP contribution in [0.4, 0.5) is 0 Å². The van der Waals surface area contributed by atoms with E-state index >= 15 is 0 Å². The van der Waals surface area contributed by atoms with Crippen LogP contribution in [0.5, 0.6) is 0 Å². The van der Waals surface area contributed by atoms with Crippen molar-refractivity contribution in [3.8, 4) is 0 Å². The van der Waals surface area contributed by atoms with Gasteiger partial charge in [0.1, 0.15) is 0 Å². The lowest BCUT2D eigenvalue weighted by molar-refractivity contribution is 0.188. The highest BCUT2D eigenvalue weighted by molar-refractivity contribution is 5.14. The van der Waals surface area contributed by atoms with Gasteiger partial charge >= 0.3 is 0 Å². The predicted molar refractivity (Wildman–Crippen MR) is 75.9 cm³/mol. The Kier molecular flexibility index (Phi) is 7.62. The molecule has 0 aliphatic carbocycles. The van der Waals surface area contributed by atoms with Gasteiger partial charge in [-0.05, 0) is 37.4 Å². The van der Waals surface area contributed by atoms with Crippen molar-refractivity contribution < 1.29 is 4.74 Å². The number of hydrogen-bond acceptors (Lipinski definition) is 3. The number of methoxy groups -OCH3 is 1. The number of pyridine rings is 1. The van der Waals surface area contributed by atoms with E-state index in [9.17, 15) is 0 Å². The maximum atomic E-state index is 5.11. The van der Waals surface area contributed by atoms with E-state index in [1.165, 1.54) is 11.3 Å². The molecule has 3 heteroatoms. The van der Waals surface area contributed by atoms with Crippen LogP contribution < -0.4 is 5.32 Å². The third-order valence-corrected chi connectivity index (χ3v) is 3.14. The van der Waals surface area contributed by atoms with Gasteiger partial charge in [0, 0.05) is 38.1 Å². The maximum Gasteiger partial charge on any atom is 0.0462 e. The van der Waals surface area contributed by atoms with Crippen LogP contribution in [0.3, 0.4) is 0 Å². The number of nitrogens with zero attached hydrogens (tertiary/aromatic N) is 1. The van der Waals surface area contributed by atoms with Crippen LogP contribution in [0.25, 0.3) is 0 Å². The van der Waals surface area contributed by atoms with Gasteiger partial charge in [0.2, 0.25) is 0 Å². The van der Waals surface area contributed by atoms with Crippen molar-refractivity contribution in [1.29, 1.82) is 0 Å². The lowest BCUT2D eigenvalue weighted by atomic mass is 10.0. The highest BCUT2D eigenvalue weighted by atomic mass is 16.5. The molecule has 1 aromatic rings. The van der Waals surface area contributed by atoms with Crippen LogP contribution in [-0.4, -0.2) is 31.3 Å². The Morgan fingerprint density at radius 1 is 1.33 bits per heavy atom. The van der Waals surface area contributed by atoms with Crippen molar-refractivity contribution in [1.82, 2.24) is 10.3 Å². The Bertz CT molecular complexity index is 311. The van der Waals surface area contributed by atoms with Gasteiger partial charge < -0.3 is 10.1 Å². The smallest absolute Gasteiger partial charge is 0.0462 e. The van der Waals surface area contributed by atoms with Gasteiger partial charge in [-0.1, -0.05) is 19.9 Å². The summed E-state index contributed by atoms with van der Waals surface area (Å²) in [7, 11) is 1.76. The second kappa shape index (κ2) is 9.06. The molecule has 1 unspecified atom stereocenters. The molecular weight excluding hydrogens is 224 g/mol. The summed E-state index contributed by atoms with van der Waals surface area (Å²) in [5, 5.41) is 3.52. The van der Waals surface area contributed by atoms with E-state index in [2.05, 4.69) is 36.3 Å². The Balaban J connectivity index is 2.47. The molecule has 0 aliphatic rings. The number of hydrogen-bond donors (Lipinski definition) is 1. The fourth-order valence-electron chi connectivity index (χ4n) is 2.08. The normalized spacial score (nSPS) is 12.6. The summed E-state index contributed by atoms with van der Waals surface area (Å²) in [6, 6.07) is 4.84. The first-order valence-electron chi connectivity index (χ1n) is 6.96. The third kappa shape index (κ3) is 5.61. The Morgan fingerprint density at radius 2 is 2.17 bits per heavy atom. The monoisotopic (exact) mass is 250 g/mol. The number of likely N-dealkylation sites (N-methyl/N-ethyl adjacent to an activating group) is 1. The lowest BCUT2D eigenvalue weighted by Gasteiger charge is -2.17. The molecule has 1 heterocycles. The summed E-state index contributed by atoms with van der Waals surface area (Å²) < 4.78 is 5.11. The van der Waals surface area contributed by atoms with Crippen molar-refractivity contribution in [3.05, 3.63) is 29.6 Å². The van der Waals surface area contributed by atoms with Crippen LogP contribution >= 0.6 is 0 Å². The van der Waals surface area contributed by atoms with Crippen molar-refractivity contribution in [3.63, 3.8) is 0 Å². The van der Waals surface area contributed by atoms with Crippen LogP contribution in [0.2, 0.25) is 0 Å². The average Bonchev–Trinajstić information content (AvgIpc) is 2.40. The van der Waals surface area contributed by atoms with Crippen molar-refractivity contribution in [2.24, 2.45) is 0 Å². The van der Waals surface area contributed by atoms with Crippen LogP contribution in [-0.2, 0) is 17.6 Å². The molecule has 0 amide bonds. The molecule has 0 spiro atoms. The SMILES string of the molecule is CCNC(CCCOC)Cc1ccc(CC)cn1. The van der Waals surface area contributed by atoms with Gasteiger partial charge in [0.15, 0.2) is 0 Å². The number of rotatable bonds is 9. The molecule has 0 fully saturated rings. The number of aromatic nitrogens is 1. The Morgan fingerprint density at radius 3 is 2.72 bits per heavy atom. The molecule has 102 valence electrons. The zero-order chi connectivity index (χ0) is 13.2. The lowest BCUT2D eigenvalue weighted by Crippen LogP contribution is -2.31. The standard InChI is InChI=1S/C15H26N2O/c1-4-13-8-9-15(17-12-13)11-14(16-5-2)7-6-10-18-3/h8-9,12,14,16H,4-7,10-11H2,1-3H3. The second-order valence-corrected chi connectivity index (χ2v) is 4.61. The molecule has 0 radical (unpaired) electrons. The minimum Gasteiger partial charge on any atom is -0.385 e. The molecule has 0 saturated carbocycles. The maximum absolute atomic E-state index is 5.11. The molecular formula is C15H26N2O. The van der Waals surface area contributed by atoms with Gasteiger partial charge in [-0.25, -0.2) is 0 Å². The minimum absolute atomic E-state index is 0.505. The van der Waals surface area contributed by atoms with Gasteiger partial charge in [0.25, 0.3) is 0 Å². The quantitative estimate of drug-likeness (QED) is 0.684. The molecule has 1 aromatic heterocycles. The topological polar surface area (TPSA) is 34.1 Å². The van der Waals surface area contributed by atoms with Gasteiger partial charge in [-0.15, -0.1) is 0 Å². The summed E-state index contributed by atoms with van der Waals surface area (Å²) in [5.74, 6) is 0. The Labute approximate surface area is 111 Å². The number of nitrogens with one attached hydrogen (secondary N) is 1. The average molecular weight is 250 g/mol. The van der Waals surface area contributed by atoms with Crippen LogP contribution in [0, 0.1) is 0 Å². The highest BCUT2D eigenvalue weighted by Gasteiger charge is 2.08. The summed E-state index contributed by atoms with van der Waals surface area (Å²) in [6.07, 6.45) is 6.28. The molecule has 1 rings (SSSR count). The summed E-state index contributed by atoms with van der Waals surface area (Å²) in [5.41, 5.74) is 2.48. The highest BCUT2D eigenvalue weighted by Crippen LogP contribution is 2.07. The minimum atomic E-state index is 0.505. The Hall–Kier alpha value is -0.930. The van der Waals surface area contributed by atoms with E-state index in [-0.39, 0.29) is 0 Å². The fraction of sp³-hybridized carbons (Fsp3) is 0.667. The van der Waals surface area contributed by atoms with E-state index < -0.39 is 0 Å². The molecule has 0 saturated heterocycles. The zero-order valence-electron chi connectivity index (χ0n) is 11.9. The first kappa shape index (κ1) is 15.1. The van der Waals surface area contributed by atoms with Crippen molar-refractivity contribution >= 4 is 0 Å². The van der Waals surface area contributed by atoms with Crippen molar-refractivity contribution in [2.45, 2.75) is 45.6 Å². The van der Waals surface area contributed by atoms with Gasteiger partial charge in [-0.3, -0.25) is 4.98 Å². The van der Waals surface area contributed by atoms with E-state index in [0.29, 0.717) is 6.04 Å². The molecule has 1 atom stereocenters. The third-order valence-electron chi connectivity index (χ3n) is 3.14. The number of aryl methyl sites for hydroxylation is 1. The van der Waals surface area contributed by atoms with Gasteiger partial charge in [-0.2, -0.15) is 0 Å². The second-order valence-electron chi connectivity index (χ2n) is 4.61. The first-order chi connectivity index (χ1) is 8.80. The van der Waals surface area contributed by atoms with E-state index in [1.807, 2.05) is 6.20 Å². The molecule has 0 bridgehead atoms. The van der Waals surface area contributed by atoms with Crippen LogP contribution in [0.15, 0.2) is 18.3 Å². The summed E-state index contributed by atoms with van der Waals surface area (Å²) >= 11 is 0. The summed E-state index contributed by atoms with van der Waals surface area (Å²) in [6.45, 7) is 6.15. The van der Waals surface area contributed by atoms with E-state index in [4.69, 9.17) is 4.74 Å². The van der Waals surface area contributed by atoms with E-state index in [0.717, 1.165) is 38.8 Å². The zero-order valence-corrected chi connectivity index (χ0v) is 11.9. The molecule has 3 nitrogen and oxygen atoms in total. The van der Waals surface area contributed by atoms with Crippen molar-refractivity contribution in [2.75, 3.05) is 20.3 Å².